The molecule has 0 N–H and O–H groups in total. The Balaban J connectivity index is 2.23. The number of aromatic nitrogens is 1. The van der Waals surface area contributed by atoms with Gasteiger partial charge in [-0.3, -0.25) is 4.79 Å². The lowest BCUT2D eigenvalue weighted by Crippen LogP contribution is -2.23. The lowest BCUT2D eigenvalue weighted by atomic mass is 9.92. The van der Waals surface area contributed by atoms with Gasteiger partial charge in [-0.2, -0.15) is 0 Å². The topological polar surface area (TPSA) is 48.3 Å². The maximum absolute atomic E-state index is 12.7. The van der Waals surface area contributed by atoms with Crippen molar-refractivity contribution in [3.8, 4) is 0 Å². The SMILES string of the molecule is Bc1ccc2c(=O)n(Cc3ccccc3)cc(C(=O)OC)c2c1. The highest BCUT2D eigenvalue weighted by atomic mass is 16.5. The zero-order valence-electron chi connectivity index (χ0n) is 13.1. The smallest absolute Gasteiger partial charge is 0.339 e. The van der Waals surface area contributed by atoms with Gasteiger partial charge in [0.1, 0.15) is 7.85 Å². The molecule has 0 atom stereocenters. The number of carbonyl (C=O) groups excluding carboxylic acids is 1. The Morgan fingerprint density at radius 3 is 2.57 bits per heavy atom. The minimum atomic E-state index is -0.442. The minimum Gasteiger partial charge on any atom is -0.465 e. The van der Waals surface area contributed by atoms with Crippen molar-refractivity contribution in [3.05, 3.63) is 76.2 Å². The summed E-state index contributed by atoms with van der Waals surface area (Å²) in [6, 6.07) is 15.1. The summed E-state index contributed by atoms with van der Waals surface area (Å²) in [5.41, 5.74) is 2.28. The van der Waals surface area contributed by atoms with Crippen LogP contribution in [-0.4, -0.2) is 25.5 Å². The molecule has 23 heavy (non-hydrogen) atoms. The first-order valence-corrected chi connectivity index (χ1v) is 7.36. The van der Waals surface area contributed by atoms with Crippen molar-refractivity contribution in [1.82, 2.24) is 4.57 Å². The van der Waals surface area contributed by atoms with Crippen molar-refractivity contribution in [2.24, 2.45) is 0 Å². The van der Waals surface area contributed by atoms with Gasteiger partial charge in [-0.15, -0.1) is 0 Å². The van der Waals surface area contributed by atoms with Crippen LogP contribution < -0.4 is 11.0 Å². The summed E-state index contributed by atoms with van der Waals surface area (Å²) in [7, 11) is 3.27. The number of rotatable bonds is 3. The molecule has 114 valence electrons. The fourth-order valence-corrected chi connectivity index (χ4v) is 2.68. The number of carbonyl (C=O) groups is 1. The highest BCUT2D eigenvalue weighted by Gasteiger charge is 2.15. The molecule has 3 rings (SSSR count). The lowest BCUT2D eigenvalue weighted by molar-refractivity contribution is 0.0602. The fraction of sp³-hybridized carbons (Fsp3) is 0.111. The number of methoxy groups -OCH3 is 1. The molecule has 0 saturated carbocycles. The van der Waals surface area contributed by atoms with Crippen LogP contribution in [0.1, 0.15) is 15.9 Å². The average molecular weight is 305 g/mol. The van der Waals surface area contributed by atoms with Gasteiger partial charge in [0.05, 0.1) is 19.2 Å². The van der Waals surface area contributed by atoms with Crippen molar-refractivity contribution in [1.29, 1.82) is 0 Å². The molecule has 0 aliphatic carbocycles. The van der Waals surface area contributed by atoms with Crippen LogP contribution in [0.4, 0.5) is 0 Å². The Morgan fingerprint density at radius 2 is 1.87 bits per heavy atom. The highest BCUT2D eigenvalue weighted by Crippen LogP contribution is 2.16. The lowest BCUT2D eigenvalue weighted by Gasteiger charge is -2.12. The van der Waals surface area contributed by atoms with Crippen LogP contribution in [-0.2, 0) is 11.3 Å². The first-order chi connectivity index (χ1) is 11.1. The van der Waals surface area contributed by atoms with Crippen LogP contribution in [0.2, 0.25) is 0 Å². The molecule has 0 saturated heterocycles. The van der Waals surface area contributed by atoms with E-state index in [1.807, 2.05) is 50.3 Å². The summed E-state index contributed by atoms with van der Waals surface area (Å²) in [5.74, 6) is -0.442. The number of ether oxygens (including phenoxy) is 1. The van der Waals surface area contributed by atoms with Crippen molar-refractivity contribution in [3.63, 3.8) is 0 Å². The zero-order valence-corrected chi connectivity index (χ0v) is 13.1. The molecule has 0 radical (unpaired) electrons. The zero-order chi connectivity index (χ0) is 16.4. The summed E-state index contributed by atoms with van der Waals surface area (Å²) >= 11 is 0. The van der Waals surface area contributed by atoms with Gasteiger partial charge in [0.15, 0.2) is 0 Å². The minimum absolute atomic E-state index is 0.114. The van der Waals surface area contributed by atoms with E-state index in [4.69, 9.17) is 4.74 Å². The third-order valence-corrected chi connectivity index (χ3v) is 3.84. The molecule has 1 aromatic heterocycles. The van der Waals surface area contributed by atoms with Crippen LogP contribution in [0.25, 0.3) is 10.8 Å². The molecule has 1 heterocycles. The monoisotopic (exact) mass is 305 g/mol. The molecule has 0 fully saturated rings. The van der Waals surface area contributed by atoms with Gasteiger partial charge in [-0.05, 0) is 11.6 Å². The molecule has 5 heteroatoms. The Hall–Kier alpha value is -2.82. The van der Waals surface area contributed by atoms with Crippen molar-refractivity contribution in [2.45, 2.75) is 6.54 Å². The van der Waals surface area contributed by atoms with Gasteiger partial charge < -0.3 is 9.30 Å². The Bertz CT molecular complexity index is 932. The predicted octanol–water partition coefficient (Wildman–Crippen LogP) is 1.09. The first kappa shape index (κ1) is 15.1. The molecule has 4 nitrogen and oxygen atoms in total. The normalized spacial score (nSPS) is 10.7. The summed E-state index contributed by atoms with van der Waals surface area (Å²) in [5, 5.41) is 1.15. The Kier molecular flexibility index (Phi) is 4.02. The van der Waals surface area contributed by atoms with E-state index >= 15 is 0 Å². The molecule has 0 aliphatic rings. The number of nitrogens with zero attached hydrogens (tertiary/aromatic N) is 1. The third kappa shape index (κ3) is 2.90. The van der Waals surface area contributed by atoms with Gasteiger partial charge in [0, 0.05) is 17.0 Å². The van der Waals surface area contributed by atoms with Gasteiger partial charge in [0.25, 0.3) is 5.56 Å². The van der Waals surface area contributed by atoms with Gasteiger partial charge >= 0.3 is 5.97 Å². The summed E-state index contributed by atoms with van der Waals surface area (Å²) in [6.07, 6.45) is 1.59. The second-order valence-electron chi connectivity index (χ2n) is 5.50. The van der Waals surface area contributed by atoms with Crippen LogP contribution in [0.15, 0.2) is 59.5 Å². The van der Waals surface area contributed by atoms with E-state index in [0.29, 0.717) is 22.9 Å². The van der Waals surface area contributed by atoms with Gasteiger partial charge in [-0.1, -0.05) is 47.9 Å². The number of benzene rings is 2. The molecule has 0 spiro atoms. The van der Waals surface area contributed by atoms with Gasteiger partial charge in [-0.25, -0.2) is 4.79 Å². The van der Waals surface area contributed by atoms with Crippen LogP contribution >= 0.6 is 0 Å². The Morgan fingerprint density at radius 1 is 1.13 bits per heavy atom. The van der Waals surface area contributed by atoms with E-state index in [-0.39, 0.29) is 5.56 Å². The van der Waals surface area contributed by atoms with Crippen LogP contribution in [0.3, 0.4) is 0 Å². The number of fused-ring (bicyclic) bond motifs is 1. The summed E-state index contributed by atoms with van der Waals surface area (Å²) in [4.78, 5) is 24.8. The molecule has 0 amide bonds. The number of hydrogen-bond acceptors (Lipinski definition) is 3. The van der Waals surface area contributed by atoms with Crippen LogP contribution in [0.5, 0.6) is 0 Å². The maximum Gasteiger partial charge on any atom is 0.339 e. The van der Waals surface area contributed by atoms with Crippen molar-refractivity contribution in [2.75, 3.05) is 7.11 Å². The third-order valence-electron chi connectivity index (χ3n) is 3.84. The molecular formula is C18H16BNO3. The van der Waals surface area contributed by atoms with E-state index < -0.39 is 5.97 Å². The molecule has 3 aromatic rings. The van der Waals surface area contributed by atoms with E-state index in [2.05, 4.69) is 0 Å². The first-order valence-electron chi connectivity index (χ1n) is 7.36. The largest absolute Gasteiger partial charge is 0.465 e. The van der Waals surface area contributed by atoms with E-state index in [9.17, 15) is 9.59 Å². The van der Waals surface area contributed by atoms with E-state index in [1.165, 1.54) is 7.11 Å². The number of hydrogen-bond donors (Lipinski definition) is 0. The fourth-order valence-electron chi connectivity index (χ4n) is 2.68. The maximum atomic E-state index is 12.7. The number of esters is 1. The molecule has 0 aliphatic heterocycles. The average Bonchev–Trinajstić information content (AvgIpc) is 2.57. The summed E-state index contributed by atoms with van der Waals surface area (Å²) in [6.45, 7) is 0.410. The predicted molar refractivity (Wildman–Crippen MR) is 93.3 cm³/mol. The molecule has 2 aromatic carbocycles. The summed E-state index contributed by atoms with van der Waals surface area (Å²) < 4.78 is 6.43. The van der Waals surface area contributed by atoms with E-state index in [0.717, 1.165) is 11.0 Å². The van der Waals surface area contributed by atoms with Crippen molar-refractivity contribution < 1.29 is 9.53 Å². The molecule has 0 unspecified atom stereocenters. The molecular weight excluding hydrogens is 289 g/mol. The number of pyridine rings is 1. The standard InChI is InChI=1S/C18H16BNO3/c1-23-18(22)16-11-20(10-12-5-3-2-4-6-12)17(21)14-8-7-13(19)9-15(14)16/h2-9,11H,10,19H2,1H3. The second kappa shape index (κ2) is 6.12. The van der Waals surface area contributed by atoms with Crippen LogP contribution in [0, 0.1) is 0 Å². The van der Waals surface area contributed by atoms with Gasteiger partial charge in [0.2, 0.25) is 0 Å². The second-order valence-corrected chi connectivity index (χ2v) is 5.50. The quantitative estimate of drug-likeness (QED) is 0.538. The van der Waals surface area contributed by atoms with E-state index in [1.54, 1.807) is 16.8 Å². The molecule has 0 bridgehead atoms. The highest BCUT2D eigenvalue weighted by molar-refractivity contribution is 6.33. The van der Waals surface area contributed by atoms with Crippen molar-refractivity contribution >= 4 is 30.1 Å². The Labute approximate surface area is 134 Å².